The Balaban J connectivity index is 1.62. The number of anilines is 3. The van der Waals surface area contributed by atoms with E-state index in [1.807, 2.05) is 18.2 Å². The number of carbonyl (C=O) groups excluding carboxylic acids is 2. The zero-order valence-electron chi connectivity index (χ0n) is 14.5. The maximum absolute atomic E-state index is 12.3. The molecule has 6 nitrogen and oxygen atoms in total. The monoisotopic (exact) mass is 361 g/mol. The van der Waals surface area contributed by atoms with Crippen molar-refractivity contribution in [2.45, 2.75) is 6.61 Å². The molecule has 0 aliphatic heterocycles. The van der Waals surface area contributed by atoms with Crippen molar-refractivity contribution in [1.29, 1.82) is 0 Å². The predicted octanol–water partition coefficient (Wildman–Crippen LogP) is 4.08. The van der Waals surface area contributed by atoms with Crippen LogP contribution in [0.5, 0.6) is 0 Å². The second-order valence-corrected chi connectivity index (χ2v) is 5.84. The van der Waals surface area contributed by atoms with Gasteiger partial charge in [-0.15, -0.1) is 0 Å². The van der Waals surface area contributed by atoms with Crippen molar-refractivity contribution < 1.29 is 14.7 Å². The topological polar surface area (TPSA) is 90.5 Å². The number of amides is 3. The first-order chi connectivity index (χ1) is 13.1. The highest BCUT2D eigenvalue weighted by atomic mass is 16.3. The van der Waals surface area contributed by atoms with Gasteiger partial charge in [0.15, 0.2) is 0 Å². The van der Waals surface area contributed by atoms with E-state index in [-0.39, 0.29) is 18.5 Å². The molecule has 0 bridgehead atoms. The minimum absolute atomic E-state index is 0.0688. The summed E-state index contributed by atoms with van der Waals surface area (Å²) in [6.45, 7) is -0.0688. The number of hydrogen-bond donors (Lipinski definition) is 4. The van der Waals surface area contributed by atoms with Gasteiger partial charge in [-0.3, -0.25) is 4.79 Å². The number of urea groups is 1. The maximum atomic E-state index is 12.3. The van der Waals surface area contributed by atoms with Gasteiger partial charge < -0.3 is 21.1 Å². The highest BCUT2D eigenvalue weighted by molar-refractivity contribution is 6.05. The standard InChI is InChI=1S/C21H19N3O3/c25-14-15-9-11-16(12-10-15)20(26)22-18-7-4-8-19(13-18)24-21(27)23-17-5-2-1-3-6-17/h1-13,25H,14H2,(H,22,26)(H2,23,24,27). The largest absolute Gasteiger partial charge is 0.392 e. The predicted molar refractivity (Wildman–Crippen MR) is 106 cm³/mol. The minimum Gasteiger partial charge on any atom is -0.392 e. The van der Waals surface area contributed by atoms with Gasteiger partial charge in [0, 0.05) is 22.6 Å². The van der Waals surface area contributed by atoms with Gasteiger partial charge >= 0.3 is 6.03 Å². The molecule has 0 saturated heterocycles. The van der Waals surface area contributed by atoms with Crippen LogP contribution in [0.25, 0.3) is 0 Å². The average Bonchev–Trinajstić information content (AvgIpc) is 2.69. The Hall–Kier alpha value is -3.64. The van der Waals surface area contributed by atoms with Crippen molar-refractivity contribution in [2.75, 3.05) is 16.0 Å². The first-order valence-corrected chi connectivity index (χ1v) is 8.38. The van der Waals surface area contributed by atoms with Crippen LogP contribution < -0.4 is 16.0 Å². The summed E-state index contributed by atoms with van der Waals surface area (Å²) in [7, 11) is 0. The molecule has 0 aromatic heterocycles. The average molecular weight is 361 g/mol. The molecule has 3 aromatic rings. The molecule has 4 N–H and O–H groups in total. The molecular weight excluding hydrogens is 342 g/mol. The zero-order chi connectivity index (χ0) is 19.1. The third-order valence-electron chi connectivity index (χ3n) is 3.81. The van der Waals surface area contributed by atoms with Crippen LogP contribution in [0.15, 0.2) is 78.9 Å². The van der Waals surface area contributed by atoms with Gasteiger partial charge in [-0.05, 0) is 48.0 Å². The Morgan fingerprint density at radius 2 is 1.30 bits per heavy atom. The van der Waals surface area contributed by atoms with Crippen LogP contribution in [-0.4, -0.2) is 17.0 Å². The Morgan fingerprint density at radius 1 is 0.704 bits per heavy atom. The summed E-state index contributed by atoms with van der Waals surface area (Å²) in [6, 6.07) is 22.3. The van der Waals surface area contributed by atoms with Gasteiger partial charge in [-0.2, -0.15) is 0 Å². The molecule has 0 radical (unpaired) electrons. The SMILES string of the molecule is O=C(Nc1ccccc1)Nc1cccc(NC(=O)c2ccc(CO)cc2)c1. The molecule has 0 saturated carbocycles. The van der Waals surface area contributed by atoms with Crippen molar-refractivity contribution in [2.24, 2.45) is 0 Å². The number of para-hydroxylation sites is 1. The third kappa shape index (κ3) is 5.17. The van der Waals surface area contributed by atoms with E-state index in [1.165, 1.54) is 0 Å². The van der Waals surface area contributed by atoms with Gasteiger partial charge in [0.1, 0.15) is 0 Å². The van der Waals surface area contributed by atoms with Crippen molar-refractivity contribution in [3.8, 4) is 0 Å². The van der Waals surface area contributed by atoms with Crippen LogP contribution in [0.3, 0.4) is 0 Å². The lowest BCUT2D eigenvalue weighted by Crippen LogP contribution is -2.19. The minimum atomic E-state index is -0.371. The van der Waals surface area contributed by atoms with E-state index in [4.69, 9.17) is 5.11 Å². The summed E-state index contributed by atoms with van der Waals surface area (Å²) in [5.74, 6) is -0.273. The number of benzene rings is 3. The van der Waals surface area contributed by atoms with Crippen molar-refractivity contribution in [3.05, 3.63) is 90.0 Å². The number of aliphatic hydroxyl groups is 1. The lowest BCUT2D eigenvalue weighted by Gasteiger charge is -2.10. The highest BCUT2D eigenvalue weighted by Gasteiger charge is 2.08. The number of rotatable bonds is 5. The lowest BCUT2D eigenvalue weighted by atomic mass is 10.1. The lowest BCUT2D eigenvalue weighted by molar-refractivity contribution is 0.102. The highest BCUT2D eigenvalue weighted by Crippen LogP contribution is 2.17. The first kappa shape index (κ1) is 18.2. The van der Waals surface area contributed by atoms with E-state index >= 15 is 0 Å². The fourth-order valence-corrected chi connectivity index (χ4v) is 2.45. The van der Waals surface area contributed by atoms with Gasteiger partial charge in [-0.25, -0.2) is 4.79 Å². The van der Waals surface area contributed by atoms with Crippen LogP contribution in [0.4, 0.5) is 21.9 Å². The summed E-state index contributed by atoms with van der Waals surface area (Å²) < 4.78 is 0. The second-order valence-electron chi connectivity index (χ2n) is 5.84. The number of aliphatic hydroxyl groups excluding tert-OH is 1. The van der Waals surface area contributed by atoms with Gasteiger partial charge in [-0.1, -0.05) is 36.4 Å². The Labute approximate surface area is 156 Å². The van der Waals surface area contributed by atoms with Crippen molar-refractivity contribution >= 4 is 29.0 Å². The summed E-state index contributed by atoms with van der Waals surface area (Å²) in [5, 5.41) is 17.3. The van der Waals surface area contributed by atoms with Crippen LogP contribution in [0, 0.1) is 0 Å². The molecule has 27 heavy (non-hydrogen) atoms. The number of nitrogens with one attached hydrogen (secondary N) is 3. The van der Waals surface area contributed by atoms with E-state index in [2.05, 4.69) is 16.0 Å². The molecule has 6 heteroatoms. The molecule has 3 amide bonds. The molecule has 0 atom stereocenters. The molecule has 136 valence electrons. The molecule has 0 unspecified atom stereocenters. The van der Waals surface area contributed by atoms with Crippen LogP contribution >= 0.6 is 0 Å². The second kappa shape index (κ2) is 8.64. The number of carbonyl (C=O) groups is 2. The van der Waals surface area contributed by atoms with Gasteiger partial charge in [0.25, 0.3) is 5.91 Å². The normalized spacial score (nSPS) is 10.1. The van der Waals surface area contributed by atoms with E-state index in [0.717, 1.165) is 5.56 Å². The molecule has 0 fully saturated rings. The van der Waals surface area contributed by atoms with E-state index in [1.54, 1.807) is 60.7 Å². The van der Waals surface area contributed by atoms with Crippen molar-refractivity contribution in [3.63, 3.8) is 0 Å². The van der Waals surface area contributed by atoms with Crippen molar-refractivity contribution in [1.82, 2.24) is 0 Å². The number of hydrogen-bond acceptors (Lipinski definition) is 3. The zero-order valence-corrected chi connectivity index (χ0v) is 14.5. The molecule has 3 rings (SSSR count). The van der Waals surface area contributed by atoms with E-state index < -0.39 is 0 Å². The van der Waals surface area contributed by atoms with Crippen LogP contribution in [0.2, 0.25) is 0 Å². The Morgan fingerprint density at radius 3 is 1.96 bits per heavy atom. The maximum Gasteiger partial charge on any atom is 0.323 e. The first-order valence-electron chi connectivity index (χ1n) is 8.38. The molecule has 3 aromatic carbocycles. The summed E-state index contributed by atoms with van der Waals surface area (Å²) >= 11 is 0. The molecule has 0 aliphatic carbocycles. The van der Waals surface area contributed by atoms with Gasteiger partial charge in [0.2, 0.25) is 0 Å². The fraction of sp³-hybridized carbons (Fsp3) is 0.0476. The van der Waals surface area contributed by atoms with Gasteiger partial charge in [0.05, 0.1) is 6.61 Å². The third-order valence-corrected chi connectivity index (χ3v) is 3.81. The smallest absolute Gasteiger partial charge is 0.323 e. The Kier molecular flexibility index (Phi) is 5.81. The fourth-order valence-electron chi connectivity index (χ4n) is 2.45. The summed E-state index contributed by atoms with van der Waals surface area (Å²) in [6.07, 6.45) is 0. The quantitative estimate of drug-likeness (QED) is 0.552. The molecule has 0 spiro atoms. The summed E-state index contributed by atoms with van der Waals surface area (Å²) in [5.41, 5.74) is 3.01. The molecular formula is C21H19N3O3. The van der Waals surface area contributed by atoms with Crippen LogP contribution in [0.1, 0.15) is 15.9 Å². The molecule has 0 aliphatic rings. The Bertz CT molecular complexity index is 925. The van der Waals surface area contributed by atoms with E-state index in [9.17, 15) is 9.59 Å². The van der Waals surface area contributed by atoms with E-state index in [0.29, 0.717) is 22.6 Å². The summed E-state index contributed by atoms with van der Waals surface area (Å²) in [4.78, 5) is 24.4. The molecule has 0 heterocycles. The van der Waals surface area contributed by atoms with Crippen LogP contribution in [-0.2, 0) is 6.61 Å².